The van der Waals surface area contributed by atoms with E-state index in [1.807, 2.05) is 12.1 Å². The van der Waals surface area contributed by atoms with Crippen LogP contribution in [-0.2, 0) is 19.5 Å². The first-order valence-corrected chi connectivity index (χ1v) is 19.0. The molecule has 5 nitrogen and oxygen atoms in total. The molecule has 7 aromatic rings. The molecule has 0 spiro atoms. The van der Waals surface area contributed by atoms with Gasteiger partial charge in [-0.3, -0.25) is 0 Å². The molecular weight excluding hydrogens is 906 g/mol. The summed E-state index contributed by atoms with van der Waals surface area (Å²) >= 11 is 10.9. The minimum atomic E-state index is 0. The van der Waals surface area contributed by atoms with Gasteiger partial charge in [0.2, 0.25) is 0 Å². The molecule has 9 heteroatoms. The van der Waals surface area contributed by atoms with Gasteiger partial charge in [-0.25, -0.2) is 9.97 Å². The molecule has 0 unspecified atom stereocenters. The Labute approximate surface area is 343 Å². The van der Waals surface area contributed by atoms with Crippen LogP contribution in [0.5, 0.6) is 5.75 Å². The van der Waals surface area contributed by atoms with Crippen molar-refractivity contribution < 1.29 is 24.6 Å². The van der Waals surface area contributed by atoms with Gasteiger partial charge in [-0.1, -0.05) is 96.3 Å². The zero-order chi connectivity index (χ0) is 35.3. The number of nitrogens with one attached hydrogen (secondary N) is 2. The SMILES string of the molecule is Oc1ccc(-c2c3nc(c(-c4ccc(Br)cc4)c4ccc([nH]4)c(-c4ccc(Br)cc4)c4nc(c(-c5ccc(Br)cc5)c5ccc2[nH]5)C=C4)C=C3)cc1.[Zn]. The number of halogens is 3. The molecule has 0 atom stereocenters. The fourth-order valence-electron chi connectivity index (χ4n) is 6.90. The minimum absolute atomic E-state index is 0. The number of hydrogen-bond acceptors (Lipinski definition) is 3. The Balaban J connectivity index is 0.00000400. The smallest absolute Gasteiger partial charge is 0.115 e. The van der Waals surface area contributed by atoms with E-state index in [0.717, 1.165) is 103 Å². The zero-order valence-corrected chi connectivity index (χ0v) is 35.8. The van der Waals surface area contributed by atoms with Gasteiger partial charge in [-0.2, -0.15) is 0 Å². The number of aromatic nitrogens is 4. The Morgan fingerprint density at radius 3 is 0.868 bits per heavy atom. The first-order chi connectivity index (χ1) is 25.4. The van der Waals surface area contributed by atoms with Gasteiger partial charge >= 0.3 is 0 Å². The number of benzene rings is 4. The number of phenolic OH excluding ortho intramolecular Hbond substituents is 1. The molecule has 4 aromatic carbocycles. The number of nitrogens with zero attached hydrogens (tertiary/aromatic N) is 2. The molecule has 252 valence electrons. The fourth-order valence-corrected chi connectivity index (χ4v) is 7.69. The van der Waals surface area contributed by atoms with Crippen LogP contribution in [0.2, 0.25) is 0 Å². The summed E-state index contributed by atoms with van der Waals surface area (Å²) in [7, 11) is 0. The third kappa shape index (κ3) is 6.83. The van der Waals surface area contributed by atoms with E-state index < -0.39 is 0 Å². The van der Waals surface area contributed by atoms with Crippen LogP contribution in [0, 0.1) is 0 Å². The number of aromatic amines is 2. The van der Waals surface area contributed by atoms with E-state index in [4.69, 9.17) is 9.97 Å². The Hall–Kier alpha value is -4.66. The second kappa shape index (κ2) is 14.6. The molecule has 0 fully saturated rings. The van der Waals surface area contributed by atoms with Gasteiger partial charge in [0.25, 0.3) is 0 Å². The van der Waals surface area contributed by atoms with E-state index in [0.29, 0.717) is 0 Å². The van der Waals surface area contributed by atoms with Gasteiger partial charge in [0, 0.05) is 77.2 Å². The molecule has 53 heavy (non-hydrogen) atoms. The van der Waals surface area contributed by atoms with Crippen molar-refractivity contribution in [1.29, 1.82) is 0 Å². The van der Waals surface area contributed by atoms with Crippen LogP contribution >= 0.6 is 47.8 Å². The average Bonchev–Trinajstić information content (AvgIpc) is 3.99. The number of rotatable bonds is 4. The van der Waals surface area contributed by atoms with E-state index in [9.17, 15) is 5.11 Å². The molecule has 2 aliphatic rings. The monoisotopic (exact) mass is 928 g/mol. The van der Waals surface area contributed by atoms with Crippen molar-refractivity contribution in [3.05, 3.63) is 158 Å². The van der Waals surface area contributed by atoms with E-state index >= 15 is 0 Å². The van der Waals surface area contributed by atoms with Crippen LogP contribution in [0.1, 0.15) is 22.8 Å². The third-order valence-electron chi connectivity index (χ3n) is 9.31. The summed E-state index contributed by atoms with van der Waals surface area (Å²) in [5.74, 6) is 0.206. The quantitative estimate of drug-likeness (QED) is 0.154. The van der Waals surface area contributed by atoms with Gasteiger partial charge in [-0.15, -0.1) is 0 Å². The summed E-state index contributed by atoms with van der Waals surface area (Å²) in [6, 6.07) is 40.8. The minimum Gasteiger partial charge on any atom is -0.508 e. The van der Waals surface area contributed by atoms with Crippen LogP contribution < -0.4 is 0 Å². The molecule has 9 rings (SSSR count). The van der Waals surface area contributed by atoms with Crippen molar-refractivity contribution in [3.8, 4) is 50.3 Å². The largest absolute Gasteiger partial charge is 0.508 e. The normalized spacial score (nSPS) is 11.8. The van der Waals surface area contributed by atoms with Gasteiger partial charge in [0.15, 0.2) is 0 Å². The Kier molecular flexibility index (Phi) is 9.77. The Morgan fingerprint density at radius 2 is 0.604 bits per heavy atom. The summed E-state index contributed by atoms with van der Waals surface area (Å²) in [5, 5.41) is 10.2. The van der Waals surface area contributed by atoms with Crippen LogP contribution in [0.15, 0.2) is 135 Å². The number of H-pyrrole nitrogens is 2. The van der Waals surface area contributed by atoms with Crippen LogP contribution in [0.4, 0.5) is 0 Å². The summed E-state index contributed by atoms with van der Waals surface area (Å²) in [5.41, 5.74) is 15.0. The molecule has 2 aliphatic heterocycles. The van der Waals surface area contributed by atoms with Gasteiger partial charge in [0.1, 0.15) is 5.75 Å². The molecule has 0 amide bonds. The Bertz CT molecular complexity index is 2380. The molecule has 3 aromatic heterocycles. The number of fused-ring (bicyclic) bond motifs is 8. The maximum atomic E-state index is 10.2. The summed E-state index contributed by atoms with van der Waals surface area (Å²) in [6.45, 7) is 0. The molecule has 8 bridgehead atoms. The average molecular weight is 933 g/mol. The number of hydrogen-bond donors (Lipinski definition) is 3. The van der Waals surface area contributed by atoms with E-state index in [1.165, 1.54) is 0 Å². The standard InChI is InChI=1S/C44H27Br3N4O.Zn/c45-29-9-1-25(2-10-29)41-33-17-19-35(48-33)42(26-3-11-30(46)12-4-26)37-21-23-39(50-37)44(28-7-15-32(52)16-8-28)40-24-22-38(51-40)43(36-20-18-34(41)49-36)27-5-13-31(47)14-6-27;/h1-24,48,51-52H;. The predicted molar refractivity (Wildman–Crippen MR) is 225 cm³/mol. The number of aromatic hydroxyl groups is 1. The van der Waals surface area contributed by atoms with Crippen molar-refractivity contribution in [2.75, 3.05) is 0 Å². The molecular formula is C44H27Br3N4OZn. The first-order valence-electron chi connectivity index (χ1n) is 16.6. The maximum Gasteiger partial charge on any atom is 0.115 e. The van der Waals surface area contributed by atoms with E-state index in [-0.39, 0.29) is 25.2 Å². The van der Waals surface area contributed by atoms with Gasteiger partial charge in [0.05, 0.1) is 22.8 Å². The zero-order valence-electron chi connectivity index (χ0n) is 28.0. The Morgan fingerprint density at radius 1 is 0.358 bits per heavy atom. The van der Waals surface area contributed by atoms with E-state index in [1.54, 1.807) is 12.1 Å². The molecule has 0 saturated carbocycles. The van der Waals surface area contributed by atoms with Crippen molar-refractivity contribution >= 4 is 94.2 Å². The second-order valence-corrected chi connectivity index (χ2v) is 15.3. The summed E-state index contributed by atoms with van der Waals surface area (Å²) < 4.78 is 3.01. The summed E-state index contributed by atoms with van der Waals surface area (Å²) in [6.07, 6.45) is 8.36. The predicted octanol–water partition coefficient (Wildman–Crippen LogP) is 13.3. The van der Waals surface area contributed by atoms with Crippen LogP contribution in [-0.4, -0.2) is 25.0 Å². The first kappa shape index (κ1) is 35.4. The molecule has 0 aliphatic carbocycles. The third-order valence-corrected chi connectivity index (χ3v) is 10.9. The van der Waals surface area contributed by atoms with Crippen molar-refractivity contribution in [2.24, 2.45) is 0 Å². The molecule has 5 heterocycles. The summed E-state index contributed by atoms with van der Waals surface area (Å²) in [4.78, 5) is 18.2. The van der Waals surface area contributed by atoms with Crippen LogP contribution in [0.3, 0.4) is 0 Å². The van der Waals surface area contributed by atoms with E-state index in [2.05, 4.69) is 179 Å². The van der Waals surface area contributed by atoms with Gasteiger partial charge < -0.3 is 15.1 Å². The van der Waals surface area contributed by atoms with Crippen molar-refractivity contribution in [3.63, 3.8) is 0 Å². The fraction of sp³-hybridized carbons (Fsp3) is 0. The van der Waals surface area contributed by atoms with Gasteiger partial charge in [-0.05, 0) is 119 Å². The second-order valence-electron chi connectivity index (χ2n) is 12.6. The van der Waals surface area contributed by atoms with Crippen molar-refractivity contribution in [2.45, 2.75) is 0 Å². The number of phenols is 1. The molecule has 0 saturated heterocycles. The van der Waals surface area contributed by atoms with Crippen LogP contribution in [0.25, 0.3) is 90.9 Å². The topological polar surface area (TPSA) is 77.6 Å². The van der Waals surface area contributed by atoms with Crippen molar-refractivity contribution in [1.82, 2.24) is 19.9 Å². The molecule has 0 radical (unpaired) electrons. The molecule has 3 N–H and O–H groups in total. The maximum absolute atomic E-state index is 10.2.